The molecule has 1 aromatic heterocycles. The van der Waals surface area contributed by atoms with E-state index in [1.54, 1.807) is 31.2 Å². The highest BCUT2D eigenvalue weighted by Crippen LogP contribution is 2.39. The van der Waals surface area contributed by atoms with Crippen molar-refractivity contribution in [2.75, 3.05) is 5.32 Å². The van der Waals surface area contributed by atoms with E-state index in [0.29, 0.717) is 21.7 Å². The maximum absolute atomic E-state index is 12.9. The van der Waals surface area contributed by atoms with Crippen molar-refractivity contribution in [1.29, 1.82) is 0 Å². The van der Waals surface area contributed by atoms with E-state index in [0.717, 1.165) is 23.7 Å². The van der Waals surface area contributed by atoms with E-state index in [2.05, 4.69) is 24.9 Å². The number of benzene rings is 3. The van der Waals surface area contributed by atoms with Crippen LogP contribution in [-0.4, -0.2) is 33.3 Å². The number of phenols is 1. The van der Waals surface area contributed by atoms with Crippen molar-refractivity contribution in [3.8, 4) is 5.75 Å². The minimum atomic E-state index is -4.35. The molecule has 0 saturated carbocycles. The van der Waals surface area contributed by atoms with Crippen molar-refractivity contribution in [3.05, 3.63) is 66.0 Å². The van der Waals surface area contributed by atoms with Crippen LogP contribution in [0.4, 0.5) is 16.5 Å². The van der Waals surface area contributed by atoms with Crippen LogP contribution < -0.4 is 5.32 Å². The Hall–Kier alpha value is -3.74. The highest BCUT2D eigenvalue weighted by atomic mass is 32.2. The Labute approximate surface area is 186 Å². The Bertz CT molecular complexity index is 1460. The fourth-order valence-electron chi connectivity index (χ4n) is 2.92. The number of rotatable bonds is 5. The second-order valence-electron chi connectivity index (χ2n) is 6.62. The second kappa shape index (κ2) is 8.42. The average molecular weight is 470 g/mol. The van der Waals surface area contributed by atoms with Gasteiger partial charge in [0.25, 0.3) is 16.0 Å². The predicted octanol–water partition coefficient (Wildman–Crippen LogP) is 4.62. The van der Waals surface area contributed by atoms with Crippen LogP contribution in [-0.2, 0) is 10.1 Å². The van der Waals surface area contributed by atoms with E-state index in [1.807, 2.05) is 0 Å². The zero-order chi connectivity index (χ0) is 22.9. The topological polar surface area (TPSA) is 154 Å². The summed E-state index contributed by atoms with van der Waals surface area (Å²) in [6.07, 6.45) is 0. The van der Waals surface area contributed by atoms with Crippen molar-refractivity contribution in [1.82, 2.24) is 9.36 Å². The van der Waals surface area contributed by atoms with Crippen molar-refractivity contribution >= 4 is 54.8 Å². The first-order valence-corrected chi connectivity index (χ1v) is 11.3. The van der Waals surface area contributed by atoms with Crippen molar-refractivity contribution in [3.63, 3.8) is 0 Å². The van der Waals surface area contributed by atoms with Gasteiger partial charge in [0.2, 0.25) is 5.13 Å². The van der Waals surface area contributed by atoms with Gasteiger partial charge >= 0.3 is 0 Å². The Morgan fingerprint density at radius 1 is 1.09 bits per heavy atom. The second-order valence-corrected chi connectivity index (χ2v) is 8.77. The molecule has 0 bridgehead atoms. The minimum Gasteiger partial charge on any atom is -0.505 e. The van der Waals surface area contributed by atoms with Crippen LogP contribution >= 0.6 is 11.5 Å². The van der Waals surface area contributed by atoms with E-state index in [4.69, 9.17) is 4.55 Å². The van der Waals surface area contributed by atoms with Gasteiger partial charge in [0.1, 0.15) is 11.5 Å². The maximum atomic E-state index is 12.9. The van der Waals surface area contributed by atoms with E-state index in [-0.39, 0.29) is 27.6 Å². The lowest BCUT2D eigenvalue weighted by Crippen LogP contribution is -2.12. The molecule has 3 N–H and O–H groups in total. The molecule has 0 radical (unpaired) electrons. The molecule has 1 heterocycles. The predicted molar refractivity (Wildman–Crippen MR) is 119 cm³/mol. The number of hydrogen-bond donors (Lipinski definition) is 3. The lowest BCUT2D eigenvalue weighted by molar-refractivity contribution is 0.102. The third kappa shape index (κ3) is 4.46. The van der Waals surface area contributed by atoms with Gasteiger partial charge in [-0.05, 0) is 42.6 Å². The first-order chi connectivity index (χ1) is 15.2. The quantitative estimate of drug-likeness (QED) is 0.284. The highest BCUT2D eigenvalue weighted by molar-refractivity contribution is 7.85. The molecule has 0 aliphatic carbocycles. The third-order valence-corrected chi connectivity index (χ3v) is 5.96. The number of anilines is 1. The molecule has 10 nitrogen and oxygen atoms in total. The standard InChI is InChI=1S/C20H15N5O5S2/c1-11-21-20(31-25-11)24-23-17-15-5-3-2-4-12(15)10-16(18(17)26)19(27)22-13-6-8-14(9-7-13)32(28,29)30/h2-10,26H,1H3,(H,22,27)(H,28,29,30). The van der Waals surface area contributed by atoms with Crippen LogP contribution in [0, 0.1) is 6.92 Å². The zero-order valence-corrected chi connectivity index (χ0v) is 18.1. The average Bonchev–Trinajstić information content (AvgIpc) is 3.17. The number of carbonyl (C=O) groups is 1. The van der Waals surface area contributed by atoms with Crippen LogP contribution in [0.2, 0.25) is 0 Å². The smallest absolute Gasteiger partial charge is 0.294 e. The summed E-state index contributed by atoms with van der Waals surface area (Å²) < 4.78 is 35.4. The number of hydrogen-bond acceptors (Lipinski definition) is 9. The number of fused-ring (bicyclic) bond motifs is 1. The molecule has 0 atom stereocenters. The van der Waals surface area contributed by atoms with Gasteiger partial charge in [-0.2, -0.15) is 12.8 Å². The van der Waals surface area contributed by atoms with Gasteiger partial charge in [-0.15, -0.1) is 10.2 Å². The summed E-state index contributed by atoms with van der Waals surface area (Å²) in [5, 5.41) is 23.1. The number of amides is 1. The van der Waals surface area contributed by atoms with Gasteiger partial charge in [0.15, 0.2) is 5.75 Å². The molecule has 1 amide bonds. The van der Waals surface area contributed by atoms with Gasteiger partial charge in [0.05, 0.1) is 10.5 Å². The molecule has 32 heavy (non-hydrogen) atoms. The van der Waals surface area contributed by atoms with E-state index in [1.165, 1.54) is 18.2 Å². The number of nitrogens with zero attached hydrogens (tertiary/aromatic N) is 4. The number of nitrogens with one attached hydrogen (secondary N) is 1. The summed E-state index contributed by atoms with van der Waals surface area (Å²) in [6.45, 7) is 1.72. The summed E-state index contributed by atoms with van der Waals surface area (Å²) >= 11 is 1.05. The molecule has 0 aliphatic rings. The van der Waals surface area contributed by atoms with Crippen molar-refractivity contribution in [2.24, 2.45) is 10.2 Å². The van der Waals surface area contributed by atoms with Crippen LogP contribution in [0.15, 0.2) is 69.7 Å². The first-order valence-electron chi connectivity index (χ1n) is 9.08. The minimum absolute atomic E-state index is 0.0510. The fourth-order valence-corrected chi connectivity index (χ4v) is 3.90. The molecule has 162 valence electrons. The molecule has 4 aromatic rings. The molecule has 0 saturated heterocycles. The zero-order valence-electron chi connectivity index (χ0n) is 16.4. The molecule has 4 rings (SSSR count). The third-order valence-electron chi connectivity index (χ3n) is 4.40. The van der Waals surface area contributed by atoms with Crippen LogP contribution in [0.3, 0.4) is 0 Å². The molecule has 0 unspecified atom stereocenters. The molecular weight excluding hydrogens is 454 g/mol. The highest BCUT2D eigenvalue weighted by Gasteiger charge is 2.19. The summed E-state index contributed by atoms with van der Waals surface area (Å²) in [5.41, 5.74) is 0.315. The molecule has 0 fully saturated rings. The molecule has 0 spiro atoms. The van der Waals surface area contributed by atoms with Gasteiger partial charge in [0, 0.05) is 22.6 Å². The van der Waals surface area contributed by atoms with Crippen LogP contribution in [0.1, 0.15) is 16.2 Å². The number of phenolic OH excluding ortho intramolecular Hbond substituents is 1. The molecule has 0 aliphatic heterocycles. The van der Waals surface area contributed by atoms with Gasteiger partial charge < -0.3 is 10.4 Å². The van der Waals surface area contributed by atoms with Crippen LogP contribution in [0.25, 0.3) is 10.8 Å². The molecule has 12 heteroatoms. The molecule has 3 aromatic carbocycles. The largest absolute Gasteiger partial charge is 0.505 e. The number of carbonyl (C=O) groups excluding carboxylic acids is 1. The van der Waals surface area contributed by atoms with E-state index >= 15 is 0 Å². The maximum Gasteiger partial charge on any atom is 0.294 e. The number of aryl methyl sites for hydroxylation is 1. The van der Waals surface area contributed by atoms with Gasteiger partial charge in [-0.25, -0.2) is 4.98 Å². The normalized spacial score (nSPS) is 11.8. The van der Waals surface area contributed by atoms with Crippen molar-refractivity contribution < 1.29 is 22.9 Å². The van der Waals surface area contributed by atoms with Gasteiger partial charge in [-0.3, -0.25) is 9.35 Å². The Morgan fingerprint density at radius 2 is 1.81 bits per heavy atom. The van der Waals surface area contributed by atoms with E-state index < -0.39 is 16.0 Å². The van der Waals surface area contributed by atoms with Gasteiger partial charge in [-0.1, -0.05) is 24.3 Å². The van der Waals surface area contributed by atoms with Crippen molar-refractivity contribution in [2.45, 2.75) is 11.8 Å². The number of azo groups is 1. The SMILES string of the molecule is Cc1nsc(N=Nc2c(O)c(C(=O)Nc3ccc(S(=O)(=O)O)cc3)cc3ccccc23)n1. The Morgan fingerprint density at radius 3 is 2.47 bits per heavy atom. The Kier molecular flexibility index (Phi) is 5.65. The Balaban J connectivity index is 1.71. The van der Waals surface area contributed by atoms with E-state index in [9.17, 15) is 18.3 Å². The summed E-state index contributed by atoms with van der Waals surface area (Å²) in [5.74, 6) is -0.469. The first kappa shape index (κ1) is 21.5. The summed E-state index contributed by atoms with van der Waals surface area (Å²) in [4.78, 5) is 16.7. The summed E-state index contributed by atoms with van der Waals surface area (Å²) in [7, 11) is -4.35. The lowest BCUT2D eigenvalue weighted by Gasteiger charge is -2.11. The summed E-state index contributed by atoms with van der Waals surface area (Å²) in [6, 6.07) is 13.5. The number of aromatic nitrogens is 2. The molecular formula is C20H15N5O5S2. The monoisotopic (exact) mass is 469 g/mol. The lowest BCUT2D eigenvalue weighted by atomic mass is 10.0. The number of aromatic hydroxyl groups is 1. The van der Waals surface area contributed by atoms with Crippen LogP contribution in [0.5, 0.6) is 5.75 Å². The fraction of sp³-hybridized carbons (Fsp3) is 0.0500.